The third kappa shape index (κ3) is 9.25. The van der Waals surface area contributed by atoms with Gasteiger partial charge in [0, 0.05) is 20.8 Å². The van der Waals surface area contributed by atoms with Crippen LogP contribution in [0.2, 0.25) is 0 Å². The number of carbonyl (C=O) groups excluding carboxylic acids is 3. The highest BCUT2D eigenvalue weighted by Gasteiger charge is 2.34. The van der Waals surface area contributed by atoms with Crippen LogP contribution in [-0.4, -0.2) is 43.2 Å². The van der Waals surface area contributed by atoms with E-state index in [1.165, 1.54) is 20.8 Å². The standard InChI is InChI=1S/C27H35NO6/c1-5-6-16-32-26-9-7-8-25(17-26)24-12-10-23(11-13-24)14-15-27(28-20(2)29,18-33-21(3)30)19-34-22(4)31/h7-13,17H,5-6,14-16,18-19H2,1-4H3,(H,28,29). The SMILES string of the molecule is CCCCOc1cccc(-c2ccc(CCC(COC(C)=O)(COC(C)=O)NC(C)=O)cc2)c1. The number of esters is 2. The summed E-state index contributed by atoms with van der Waals surface area (Å²) in [5.41, 5.74) is 2.17. The molecule has 0 aliphatic heterocycles. The van der Waals surface area contributed by atoms with Gasteiger partial charge in [0.2, 0.25) is 5.91 Å². The molecular weight excluding hydrogens is 434 g/mol. The molecule has 0 bridgehead atoms. The number of rotatable bonds is 13. The highest BCUT2D eigenvalue weighted by atomic mass is 16.5. The summed E-state index contributed by atoms with van der Waals surface area (Å²) in [7, 11) is 0. The minimum absolute atomic E-state index is 0.0852. The largest absolute Gasteiger partial charge is 0.494 e. The molecule has 2 aromatic rings. The Bertz CT molecular complexity index is 936. The molecule has 0 aliphatic carbocycles. The quantitative estimate of drug-likeness (QED) is 0.344. The molecule has 0 unspecified atom stereocenters. The maximum absolute atomic E-state index is 11.9. The van der Waals surface area contributed by atoms with Crippen LogP contribution in [0.1, 0.15) is 52.5 Å². The zero-order chi connectivity index (χ0) is 25.0. The highest BCUT2D eigenvalue weighted by molar-refractivity contribution is 5.74. The van der Waals surface area contributed by atoms with Crippen molar-refractivity contribution in [1.29, 1.82) is 0 Å². The first-order chi connectivity index (χ1) is 16.2. The van der Waals surface area contributed by atoms with E-state index < -0.39 is 17.5 Å². The fourth-order valence-electron chi connectivity index (χ4n) is 3.52. The van der Waals surface area contributed by atoms with Crippen LogP contribution in [0.5, 0.6) is 5.75 Å². The van der Waals surface area contributed by atoms with E-state index in [1.54, 1.807) is 0 Å². The minimum Gasteiger partial charge on any atom is -0.494 e. The Hall–Kier alpha value is -3.35. The maximum Gasteiger partial charge on any atom is 0.302 e. The number of hydrogen-bond donors (Lipinski definition) is 1. The van der Waals surface area contributed by atoms with Gasteiger partial charge in [-0.1, -0.05) is 49.7 Å². The molecule has 0 radical (unpaired) electrons. The molecule has 1 amide bonds. The van der Waals surface area contributed by atoms with Crippen LogP contribution in [0.15, 0.2) is 48.5 Å². The van der Waals surface area contributed by atoms with Gasteiger partial charge < -0.3 is 19.5 Å². The molecule has 7 nitrogen and oxygen atoms in total. The lowest BCUT2D eigenvalue weighted by atomic mass is 9.91. The number of benzene rings is 2. The molecule has 34 heavy (non-hydrogen) atoms. The molecule has 0 spiro atoms. The number of hydrogen-bond acceptors (Lipinski definition) is 6. The van der Waals surface area contributed by atoms with E-state index in [2.05, 4.69) is 12.2 Å². The Kier molecular flexibility index (Phi) is 10.6. The summed E-state index contributed by atoms with van der Waals surface area (Å²) in [6.07, 6.45) is 3.12. The molecule has 2 aromatic carbocycles. The minimum atomic E-state index is -1.01. The van der Waals surface area contributed by atoms with Gasteiger partial charge in [-0.15, -0.1) is 0 Å². The summed E-state index contributed by atoms with van der Waals surface area (Å²) in [5, 5.41) is 2.83. The number of carbonyl (C=O) groups is 3. The summed E-state index contributed by atoms with van der Waals surface area (Å²) in [5.74, 6) is -0.382. The van der Waals surface area contributed by atoms with Gasteiger partial charge in [0.1, 0.15) is 24.5 Å². The molecular formula is C27H35NO6. The van der Waals surface area contributed by atoms with Crippen molar-refractivity contribution in [3.8, 4) is 16.9 Å². The zero-order valence-electron chi connectivity index (χ0n) is 20.5. The van der Waals surface area contributed by atoms with Crippen LogP contribution in [0.4, 0.5) is 0 Å². The second kappa shape index (κ2) is 13.4. The number of nitrogens with one attached hydrogen (secondary N) is 1. The van der Waals surface area contributed by atoms with Crippen LogP contribution in [0.3, 0.4) is 0 Å². The lowest BCUT2D eigenvalue weighted by Gasteiger charge is -2.33. The van der Waals surface area contributed by atoms with Gasteiger partial charge in [-0.2, -0.15) is 0 Å². The van der Waals surface area contributed by atoms with Gasteiger partial charge >= 0.3 is 11.9 Å². The molecule has 0 saturated heterocycles. The van der Waals surface area contributed by atoms with Crippen molar-refractivity contribution in [1.82, 2.24) is 5.32 Å². The predicted octanol–water partition coefficient (Wildman–Crippen LogP) is 4.47. The van der Waals surface area contributed by atoms with E-state index in [-0.39, 0.29) is 19.1 Å². The monoisotopic (exact) mass is 469 g/mol. The summed E-state index contributed by atoms with van der Waals surface area (Å²) in [6, 6.07) is 16.1. The first-order valence-corrected chi connectivity index (χ1v) is 11.6. The Morgan fingerprint density at radius 1 is 0.882 bits per heavy atom. The first kappa shape index (κ1) is 26.9. The van der Waals surface area contributed by atoms with E-state index in [9.17, 15) is 14.4 Å². The molecule has 7 heteroatoms. The van der Waals surface area contributed by atoms with E-state index in [0.717, 1.165) is 35.3 Å². The van der Waals surface area contributed by atoms with Crippen molar-refractivity contribution < 1.29 is 28.6 Å². The Balaban J connectivity index is 2.12. The zero-order valence-corrected chi connectivity index (χ0v) is 20.5. The molecule has 0 saturated carbocycles. The summed E-state index contributed by atoms with van der Waals surface area (Å²) in [4.78, 5) is 34.7. The van der Waals surface area contributed by atoms with Crippen LogP contribution in [0.25, 0.3) is 11.1 Å². The van der Waals surface area contributed by atoms with Crippen molar-refractivity contribution in [2.75, 3.05) is 19.8 Å². The summed E-state index contributed by atoms with van der Waals surface area (Å²) < 4.78 is 16.2. The molecule has 0 aliphatic rings. The number of unbranched alkanes of at least 4 members (excludes halogenated alkanes) is 1. The molecule has 1 N–H and O–H groups in total. The van der Waals surface area contributed by atoms with Crippen molar-refractivity contribution in [3.63, 3.8) is 0 Å². The lowest BCUT2D eigenvalue weighted by molar-refractivity contribution is -0.150. The predicted molar refractivity (Wildman–Crippen MR) is 130 cm³/mol. The fourth-order valence-corrected chi connectivity index (χ4v) is 3.52. The van der Waals surface area contributed by atoms with Crippen LogP contribution in [0, 0.1) is 0 Å². The molecule has 2 rings (SSSR count). The topological polar surface area (TPSA) is 90.9 Å². The van der Waals surface area contributed by atoms with Gasteiger partial charge in [-0.25, -0.2) is 0 Å². The van der Waals surface area contributed by atoms with Gasteiger partial charge in [0.15, 0.2) is 0 Å². The molecule has 184 valence electrons. The Morgan fingerprint density at radius 3 is 2.09 bits per heavy atom. The molecule has 0 atom stereocenters. The maximum atomic E-state index is 11.9. The second-order valence-electron chi connectivity index (χ2n) is 8.45. The van der Waals surface area contributed by atoms with Crippen molar-refractivity contribution in [2.45, 2.75) is 58.9 Å². The van der Waals surface area contributed by atoms with Crippen molar-refractivity contribution in [3.05, 3.63) is 54.1 Å². The van der Waals surface area contributed by atoms with Crippen LogP contribution >= 0.6 is 0 Å². The van der Waals surface area contributed by atoms with Gasteiger partial charge in [-0.3, -0.25) is 14.4 Å². The van der Waals surface area contributed by atoms with Gasteiger partial charge in [0.05, 0.1) is 6.61 Å². The van der Waals surface area contributed by atoms with Crippen LogP contribution < -0.4 is 10.1 Å². The Labute approximate surface area is 201 Å². The van der Waals surface area contributed by atoms with E-state index in [4.69, 9.17) is 14.2 Å². The van der Waals surface area contributed by atoms with E-state index in [0.29, 0.717) is 19.4 Å². The third-order valence-corrected chi connectivity index (χ3v) is 5.32. The summed E-state index contributed by atoms with van der Waals surface area (Å²) >= 11 is 0. The number of amides is 1. The van der Waals surface area contributed by atoms with E-state index >= 15 is 0 Å². The van der Waals surface area contributed by atoms with Crippen LogP contribution in [-0.2, 0) is 30.3 Å². The fraction of sp³-hybridized carbons (Fsp3) is 0.444. The molecule has 0 aromatic heterocycles. The Morgan fingerprint density at radius 2 is 1.53 bits per heavy atom. The average Bonchev–Trinajstić information content (AvgIpc) is 2.80. The number of aryl methyl sites for hydroxylation is 1. The van der Waals surface area contributed by atoms with Crippen molar-refractivity contribution in [2.24, 2.45) is 0 Å². The normalized spacial score (nSPS) is 10.9. The average molecular weight is 470 g/mol. The third-order valence-electron chi connectivity index (χ3n) is 5.32. The lowest BCUT2D eigenvalue weighted by Crippen LogP contribution is -2.55. The highest BCUT2D eigenvalue weighted by Crippen LogP contribution is 2.25. The van der Waals surface area contributed by atoms with Crippen molar-refractivity contribution >= 4 is 17.8 Å². The second-order valence-corrected chi connectivity index (χ2v) is 8.45. The first-order valence-electron chi connectivity index (χ1n) is 11.6. The smallest absolute Gasteiger partial charge is 0.302 e. The number of ether oxygens (including phenoxy) is 3. The van der Waals surface area contributed by atoms with Gasteiger partial charge in [-0.05, 0) is 48.1 Å². The van der Waals surface area contributed by atoms with E-state index in [1.807, 2.05) is 48.5 Å². The summed E-state index contributed by atoms with van der Waals surface area (Å²) in [6.45, 7) is 6.64. The molecule has 0 heterocycles. The van der Waals surface area contributed by atoms with Gasteiger partial charge in [0.25, 0.3) is 0 Å². The molecule has 0 fully saturated rings.